The van der Waals surface area contributed by atoms with E-state index in [-0.39, 0.29) is 17.3 Å². The molecular weight excluding hydrogens is 708 g/mol. The first-order chi connectivity index (χ1) is 25.2. The molecule has 2 fully saturated rings. The van der Waals surface area contributed by atoms with Crippen molar-refractivity contribution < 1.29 is 22.7 Å². The molecule has 5 aliphatic rings. The van der Waals surface area contributed by atoms with Crippen molar-refractivity contribution in [1.29, 1.82) is 0 Å². The Morgan fingerprint density at radius 1 is 1.08 bits per heavy atom. The zero-order valence-corrected chi connectivity index (χ0v) is 34.0. The second-order valence-electron chi connectivity index (χ2n) is 17.1. The Labute approximate surface area is 322 Å². The Balaban J connectivity index is 1.29. The van der Waals surface area contributed by atoms with Crippen LogP contribution in [0.25, 0.3) is 0 Å². The molecular formula is C42H59ClN4O5S. The van der Waals surface area contributed by atoms with Crippen molar-refractivity contribution in [3.05, 3.63) is 70.3 Å². The molecule has 2 bridgehead atoms. The van der Waals surface area contributed by atoms with E-state index >= 15 is 0 Å². The molecule has 1 saturated carbocycles. The number of nitrogens with one attached hydrogen (secondary N) is 1. The number of methoxy groups -OCH3 is 1. The molecule has 7 atom stereocenters. The van der Waals surface area contributed by atoms with Crippen molar-refractivity contribution in [2.24, 2.45) is 17.8 Å². The standard InChI is InChI=1S/C42H59ClN4O5S/c1-28(2)47-20-19-45(23-30(47)4)26-42(51-6)18-7-9-29(3)31(5)53(49,50)44-40(48)33-12-16-39-38(22-33)46(24-34-11-14-37(34)42)25-41(27-52-39)17-8-10-32-21-35(43)13-15-36(32)41/h7,12-13,15-16,18,21-22,28-31,34,37H,8-11,14,17,19-20,23-27H2,1-6H3,(H,44,48)/b18-7+/t29-,30+,31+,34-,37+,41-,42+/m0/s1. The Hall–Kier alpha value is -2.63. The van der Waals surface area contributed by atoms with Crippen LogP contribution in [0.15, 0.2) is 48.6 Å². The minimum absolute atomic E-state index is 0.216. The average molecular weight is 767 g/mol. The van der Waals surface area contributed by atoms with Crippen molar-refractivity contribution in [3.8, 4) is 5.75 Å². The third kappa shape index (κ3) is 7.52. The zero-order valence-electron chi connectivity index (χ0n) is 32.4. The lowest BCUT2D eigenvalue weighted by atomic mass is 9.63. The number of benzene rings is 2. The largest absolute Gasteiger partial charge is 0.490 e. The first-order valence-corrected chi connectivity index (χ1v) is 21.7. The van der Waals surface area contributed by atoms with Crippen molar-refractivity contribution >= 4 is 33.2 Å². The number of aryl methyl sites for hydroxylation is 1. The van der Waals surface area contributed by atoms with E-state index in [1.54, 1.807) is 13.0 Å². The molecule has 11 heteroatoms. The molecule has 0 radical (unpaired) electrons. The maximum Gasteiger partial charge on any atom is 0.264 e. The number of rotatable bonds is 4. The molecule has 7 rings (SSSR count). The number of amides is 1. The molecule has 290 valence electrons. The maximum atomic E-state index is 13.7. The SMILES string of the molecule is CO[C@@]1(CN2CCN(C(C)C)[C@H](C)C2)/C=C/C[C@H](C)[C@@H](C)S(=O)(=O)NC(=O)c2ccc3c(c2)N(C[C@@H]2CC[C@H]21)C[C@@]1(CCCc2cc(Cl)ccc21)CO3. The molecule has 1 amide bonds. The third-order valence-electron chi connectivity index (χ3n) is 13.5. The molecule has 2 aliphatic carbocycles. The van der Waals surface area contributed by atoms with Gasteiger partial charge in [0.15, 0.2) is 0 Å². The topological polar surface area (TPSA) is 91.4 Å². The lowest BCUT2D eigenvalue weighted by molar-refractivity contribution is -0.0992. The van der Waals surface area contributed by atoms with Gasteiger partial charge in [-0.3, -0.25) is 14.6 Å². The maximum absolute atomic E-state index is 13.7. The second kappa shape index (κ2) is 15.1. The third-order valence-corrected chi connectivity index (χ3v) is 15.7. The highest BCUT2D eigenvalue weighted by Crippen LogP contribution is 2.49. The number of carbonyl (C=O) groups excluding carboxylic acids is 1. The second-order valence-corrected chi connectivity index (χ2v) is 19.6. The van der Waals surface area contributed by atoms with Crippen molar-refractivity contribution in [1.82, 2.24) is 14.5 Å². The van der Waals surface area contributed by atoms with Gasteiger partial charge in [-0.25, -0.2) is 13.1 Å². The van der Waals surface area contributed by atoms with E-state index < -0.39 is 26.8 Å². The van der Waals surface area contributed by atoms with Crippen LogP contribution in [0, 0.1) is 17.8 Å². The van der Waals surface area contributed by atoms with Crippen LogP contribution in [-0.4, -0.2) is 100 Å². The van der Waals surface area contributed by atoms with E-state index in [4.69, 9.17) is 21.1 Å². The molecule has 9 nitrogen and oxygen atoms in total. The lowest BCUT2D eigenvalue weighted by Gasteiger charge is -2.53. The highest BCUT2D eigenvalue weighted by atomic mass is 35.5. The fourth-order valence-electron chi connectivity index (χ4n) is 10.1. The summed E-state index contributed by atoms with van der Waals surface area (Å²) in [4.78, 5) is 21.3. The van der Waals surface area contributed by atoms with E-state index in [2.05, 4.69) is 64.5 Å². The van der Waals surface area contributed by atoms with Gasteiger partial charge in [-0.05, 0) is 125 Å². The zero-order chi connectivity index (χ0) is 37.7. The molecule has 53 heavy (non-hydrogen) atoms. The number of hydrogen-bond donors (Lipinski definition) is 1. The summed E-state index contributed by atoms with van der Waals surface area (Å²) in [6, 6.07) is 12.6. The number of halogens is 1. The van der Waals surface area contributed by atoms with Crippen molar-refractivity contribution in [2.45, 2.75) is 101 Å². The van der Waals surface area contributed by atoms with Gasteiger partial charge < -0.3 is 14.4 Å². The van der Waals surface area contributed by atoms with Crippen LogP contribution < -0.4 is 14.4 Å². The minimum atomic E-state index is -3.95. The summed E-state index contributed by atoms with van der Waals surface area (Å²) in [5, 5.41) is -0.0259. The summed E-state index contributed by atoms with van der Waals surface area (Å²) in [6.07, 6.45) is 10.1. The first-order valence-electron chi connectivity index (χ1n) is 19.8. The number of hydrogen-bond acceptors (Lipinski definition) is 8. The van der Waals surface area contributed by atoms with Crippen LogP contribution in [0.3, 0.4) is 0 Å². The van der Waals surface area contributed by atoms with E-state index in [0.717, 1.165) is 87.8 Å². The predicted octanol–water partition coefficient (Wildman–Crippen LogP) is 6.68. The summed E-state index contributed by atoms with van der Waals surface area (Å²) in [7, 11) is -2.09. The minimum Gasteiger partial charge on any atom is -0.490 e. The number of carbonyl (C=O) groups is 1. The molecule has 2 aromatic carbocycles. The van der Waals surface area contributed by atoms with E-state index in [1.807, 2.05) is 32.2 Å². The predicted molar refractivity (Wildman–Crippen MR) is 213 cm³/mol. The fraction of sp³-hybridized carbons (Fsp3) is 0.643. The molecule has 1 N–H and O–H groups in total. The van der Waals surface area contributed by atoms with Crippen molar-refractivity contribution in [2.75, 3.05) is 57.9 Å². The van der Waals surface area contributed by atoms with Gasteiger partial charge >= 0.3 is 0 Å². The summed E-state index contributed by atoms with van der Waals surface area (Å²) in [5.74, 6) is 0.492. The van der Waals surface area contributed by atoms with Crippen LogP contribution in [0.5, 0.6) is 5.75 Å². The quantitative estimate of drug-likeness (QED) is 0.345. The highest BCUT2D eigenvalue weighted by Gasteiger charge is 2.50. The number of piperazine rings is 1. The normalized spacial score (nSPS) is 34.3. The summed E-state index contributed by atoms with van der Waals surface area (Å²) in [6.45, 7) is 16.3. The molecule has 3 aliphatic heterocycles. The highest BCUT2D eigenvalue weighted by molar-refractivity contribution is 7.90. The lowest BCUT2D eigenvalue weighted by Crippen LogP contribution is -2.61. The van der Waals surface area contributed by atoms with Gasteiger partial charge in [-0.1, -0.05) is 36.7 Å². The van der Waals surface area contributed by atoms with Gasteiger partial charge in [-0.2, -0.15) is 0 Å². The molecule has 1 saturated heterocycles. The Kier molecular flexibility index (Phi) is 11.0. The monoisotopic (exact) mass is 766 g/mol. The Morgan fingerprint density at radius 2 is 1.89 bits per heavy atom. The van der Waals surface area contributed by atoms with Crippen molar-refractivity contribution in [3.63, 3.8) is 0 Å². The molecule has 2 aromatic rings. The molecule has 0 unspecified atom stereocenters. The van der Waals surface area contributed by atoms with Gasteiger partial charge in [0.2, 0.25) is 10.0 Å². The summed E-state index contributed by atoms with van der Waals surface area (Å²) in [5.41, 5.74) is 2.91. The average Bonchev–Trinajstić information content (AvgIpc) is 3.25. The molecule has 0 aromatic heterocycles. The van der Waals surface area contributed by atoms with Crippen LogP contribution in [-0.2, 0) is 26.6 Å². The van der Waals surface area contributed by atoms with Gasteiger partial charge in [0.25, 0.3) is 5.91 Å². The van der Waals surface area contributed by atoms with E-state index in [9.17, 15) is 13.2 Å². The number of sulfonamides is 1. The number of anilines is 1. The first kappa shape index (κ1) is 38.6. The van der Waals surface area contributed by atoms with Gasteiger partial charge in [0, 0.05) is 74.5 Å². The van der Waals surface area contributed by atoms with Crippen LogP contribution in [0.2, 0.25) is 5.02 Å². The van der Waals surface area contributed by atoms with Gasteiger partial charge in [-0.15, -0.1) is 0 Å². The number of nitrogens with zero attached hydrogens (tertiary/aromatic N) is 3. The Bertz CT molecular complexity index is 1820. The smallest absolute Gasteiger partial charge is 0.264 e. The summed E-state index contributed by atoms with van der Waals surface area (Å²) < 4.78 is 43.1. The number of allylic oxidation sites excluding steroid dienone is 1. The van der Waals surface area contributed by atoms with Crippen LogP contribution in [0.1, 0.15) is 88.2 Å². The molecule has 3 heterocycles. The van der Waals surface area contributed by atoms with E-state index in [1.165, 1.54) is 11.1 Å². The van der Waals surface area contributed by atoms with E-state index in [0.29, 0.717) is 36.6 Å². The van der Waals surface area contributed by atoms with Gasteiger partial charge in [0.1, 0.15) is 11.4 Å². The van der Waals surface area contributed by atoms with Crippen LogP contribution in [0.4, 0.5) is 5.69 Å². The van der Waals surface area contributed by atoms with Crippen LogP contribution >= 0.6 is 11.6 Å². The fourth-order valence-corrected chi connectivity index (χ4v) is 11.6. The van der Waals surface area contributed by atoms with Gasteiger partial charge in [0.05, 0.1) is 17.5 Å². The number of fused-ring (bicyclic) bond motifs is 4. The summed E-state index contributed by atoms with van der Waals surface area (Å²) >= 11 is 6.51. The number of ether oxygens (including phenoxy) is 2. The molecule has 1 spiro atoms. The Morgan fingerprint density at radius 3 is 2.60 bits per heavy atom.